The summed E-state index contributed by atoms with van der Waals surface area (Å²) in [6.45, 7) is 6.59. The SMILES string of the molecule is CC1CCC(NC(=O)C2(C#N)CC(C)C2)C(C)C1. The lowest BCUT2D eigenvalue weighted by atomic mass is 9.63. The molecule has 0 heterocycles. The van der Waals surface area contributed by atoms with Gasteiger partial charge in [0.1, 0.15) is 5.41 Å². The molecule has 3 atom stereocenters. The lowest BCUT2D eigenvalue weighted by molar-refractivity contribution is -0.135. The van der Waals surface area contributed by atoms with Crippen LogP contribution >= 0.6 is 0 Å². The van der Waals surface area contributed by atoms with E-state index in [1.807, 2.05) is 0 Å². The van der Waals surface area contributed by atoms with E-state index < -0.39 is 5.41 Å². The summed E-state index contributed by atoms with van der Waals surface area (Å²) >= 11 is 0. The molecule has 1 amide bonds. The average Bonchev–Trinajstić information content (AvgIpc) is 2.28. The van der Waals surface area contributed by atoms with Crippen molar-refractivity contribution in [1.82, 2.24) is 5.32 Å². The van der Waals surface area contributed by atoms with Crippen molar-refractivity contribution in [2.75, 3.05) is 0 Å². The Hall–Kier alpha value is -1.04. The normalized spacial score (nSPS) is 43.7. The maximum Gasteiger partial charge on any atom is 0.240 e. The highest BCUT2D eigenvalue weighted by atomic mass is 16.2. The van der Waals surface area contributed by atoms with Crippen LogP contribution in [-0.4, -0.2) is 11.9 Å². The molecule has 0 aromatic rings. The molecule has 0 aromatic heterocycles. The molecule has 2 aliphatic rings. The van der Waals surface area contributed by atoms with Gasteiger partial charge in [0.05, 0.1) is 6.07 Å². The van der Waals surface area contributed by atoms with Crippen LogP contribution in [0.4, 0.5) is 0 Å². The summed E-state index contributed by atoms with van der Waals surface area (Å²) in [5.74, 6) is 1.79. The van der Waals surface area contributed by atoms with Crippen molar-refractivity contribution in [2.45, 2.75) is 58.9 Å². The first-order valence-corrected chi connectivity index (χ1v) is 7.19. The van der Waals surface area contributed by atoms with Gasteiger partial charge in [-0.05, 0) is 49.9 Å². The van der Waals surface area contributed by atoms with Crippen LogP contribution in [0.2, 0.25) is 0 Å². The number of hydrogen-bond acceptors (Lipinski definition) is 2. The molecule has 0 saturated heterocycles. The van der Waals surface area contributed by atoms with Crippen LogP contribution in [0.3, 0.4) is 0 Å². The number of carbonyl (C=O) groups excluding carboxylic acids is 1. The summed E-state index contributed by atoms with van der Waals surface area (Å²) < 4.78 is 0. The Bertz CT molecular complexity index is 365. The van der Waals surface area contributed by atoms with E-state index in [-0.39, 0.29) is 11.9 Å². The molecule has 3 unspecified atom stereocenters. The highest BCUT2D eigenvalue weighted by Crippen LogP contribution is 2.45. The molecule has 0 aliphatic heterocycles. The Morgan fingerprint density at radius 3 is 2.39 bits per heavy atom. The van der Waals surface area contributed by atoms with Crippen molar-refractivity contribution in [3.8, 4) is 6.07 Å². The van der Waals surface area contributed by atoms with Crippen molar-refractivity contribution in [3.05, 3.63) is 0 Å². The van der Waals surface area contributed by atoms with Crippen LogP contribution in [0.1, 0.15) is 52.9 Å². The number of hydrogen-bond donors (Lipinski definition) is 1. The fourth-order valence-electron chi connectivity index (χ4n) is 3.64. The molecule has 2 saturated carbocycles. The molecular formula is C15H24N2O. The van der Waals surface area contributed by atoms with Crippen LogP contribution in [0.15, 0.2) is 0 Å². The molecule has 3 heteroatoms. The highest BCUT2D eigenvalue weighted by Gasteiger charge is 2.49. The van der Waals surface area contributed by atoms with Crippen LogP contribution in [0, 0.1) is 34.5 Å². The largest absolute Gasteiger partial charge is 0.352 e. The fraction of sp³-hybridized carbons (Fsp3) is 0.867. The zero-order chi connectivity index (χ0) is 13.3. The monoisotopic (exact) mass is 248 g/mol. The van der Waals surface area contributed by atoms with E-state index in [1.165, 1.54) is 12.8 Å². The van der Waals surface area contributed by atoms with Crippen LogP contribution in [-0.2, 0) is 4.79 Å². The molecule has 0 aromatic carbocycles. The molecule has 2 aliphatic carbocycles. The van der Waals surface area contributed by atoms with Crippen molar-refractivity contribution in [2.24, 2.45) is 23.2 Å². The van der Waals surface area contributed by atoms with Crippen molar-refractivity contribution in [3.63, 3.8) is 0 Å². The van der Waals surface area contributed by atoms with Crippen molar-refractivity contribution >= 4 is 5.91 Å². The predicted octanol–water partition coefficient (Wildman–Crippen LogP) is 2.87. The quantitative estimate of drug-likeness (QED) is 0.817. The maximum absolute atomic E-state index is 12.3. The lowest BCUT2D eigenvalue weighted by Gasteiger charge is -2.41. The van der Waals surface area contributed by atoms with Crippen molar-refractivity contribution < 1.29 is 4.79 Å². The second kappa shape index (κ2) is 4.91. The molecular weight excluding hydrogens is 224 g/mol. The first-order valence-electron chi connectivity index (χ1n) is 7.19. The van der Waals surface area contributed by atoms with Crippen LogP contribution < -0.4 is 5.32 Å². The molecule has 0 radical (unpaired) electrons. The smallest absolute Gasteiger partial charge is 0.240 e. The molecule has 2 fully saturated rings. The molecule has 0 spiro atoms. The summed E-state index contributed by atoms with van der Waals surface area (Å²) in [6.07, 6.45) is 4.89. The minimum absolute atomic E-state index is 0.0190. The van der Waals surface area contributed by atoms with E-state index >= 15 is 0 Å². The second-order valence-electron chi connectivity index (χ2n) is 6.68. The van der Waals surface area contributed by atoms with Gasteiger partial charge in [-0.1, -0.05) is 20.8 Å². The third-order valence-electron chi connectivity index (χ3n) is 4.79. The summed E-state index contributed by atoms with van der Waals surface area (Å²) in [4.78, 5) is 12.3. The minimum Gasteiger partial charge on any atom is -0.352 e. The van der Waals surface area contributed by atoms with E-state index in [0.717, 1.165) is 25.2 Å². The summed E-state index contributed by atoms with van der Waals surface area (Å²) in [7, 11) is 0. The van der Waals surface area contributed by atoms with Gasteiger partial charge in [-0.15, -0.1) is 0 Å². The number of nitrogens with zero attached hydrogens (tertiary/aromatic N) is 1. The summed E-state index contributed by atoms with van der Waals surface area (Å²) in [6, 6.07) is 2.52. The van der Waals surface area contributed by atoms with Gasteiger partial charge in [-0.3, -0.25) is 4.79 Å². The standard InChI is InChI=1S/C15H24N2O/c1-10-4-5-13(12(3)6-10)17-14(18)15(9-16)7-11(2)8-15/h10-13H,4-8H2,1-3H3,(H,17,18). The topological polar surface area (TPSA) is 52.9 Å². The zero-order valence-electron chi connectivity index (χ0n) is 11.7. The van der Waals surface area contributed by atoms with Gasteiger partial charge in [0, 0.05) is 6.04 Å². The summed E-state index contributed by atoms with van der Waals surface area (Å²) in [5, 5.41) is 12.4. The minimum atomic E-state index is -0.720. The molecule has 100 valence electrons. The van der Waals surface area contributed by atoms with E-state index in [2.05, 4.69) is 32.2 Å². The first-order chi connectivity index (χ1) is 8.47. The molecule has 18 heavy (non-hydrogen) atoms. The number of nitrogens with one attached hydrogen (secondary N) is 1. The van der Waals surface area contributed by atoms with Gasteiger partial charge in [0.2, 0.25) is 5.91 Å². The summed E-state index contributed by atoms with van der Waals surface area (Å²) in [5.41, 5.74) is -0.720. The Kier molecular flexibility index (Phi) is 3.66. The zero-order valence-corrected chi connectivity index (χ0v) is 11.7. The average molecular weight is 248 g/mol. The maximum atomic E-state index is 12.3. The third kappa shape index (κ3) is 2.39. The Morgan fingerprint density at radius 2 is 1.89 bits per heavy atom. The van der Waals surface area contributed by atoms with Crippen LogP contribution in [0.25, 0.3) is 0 Å². The van der Waals surface area contributed by atoms with Crippen LogP contribution in [0.5, 0.6) is 0 Å². The number of amides is 1. The fourth-order valence-corrected chi connectivity index (χ4v) is 3.64. The first kappa shape index (κ1) is 13.4. The number of rotatable bonds is 2. The Balaban J connectivity index is 1.94. The van der Waals surface area contributed by atoms with E-state index in [0.29, 0.717) is 11.8 Å². The van der Waals surface area contributed by atoms with E-state index in [1.54, 1.807) is 0 Å². The molecule has 0 bridgehead atoms. The van der Waals surface area contributed by atoms with Gasteiger partial charge < -0.3 is 5.32 Å². The van der Waals surface area contributed by atoms with Gasteiger partial charge in [0.25, 0.3) is 0 Å². The molecule has 1 N–H and O–H groups in total. The van der Waals surface area contributed by atoms with E-state index in [9.17, 15) is 10.1 Å². The Labute approximate surface area is 110 Å². The number of carbonyl (C=O) groups is 1. The second-order valence-corrected chi connectivity index (χ2v) is 6.68. The Morgan fingerprint density at radius 1 is 1.22 bits per heavy atom. The lowest BCUT2D eigenvalue weighted by Crippen LogP contribution is -2.53. The third-order valence-corrected chi connectivity index (χ3v) is 4.79. The predicted molar refractivity (Wildman–Crippen MR) is 70.6 cm³/mol. The highest BCUT2D eigenvalue weighted by molar-refractivity contribution is 5.86. The van der Waals surface area contributed by atoms with Gasteiger partial charge >= 0.3 is 0 Å². The molecule has 2 rings (SSSR count). The van der Waals surface area contributed by atoms with Crippen molar-refractivity contribution in [1.29, 1.82) is 5.26 Å². The molecule has 3 nitrogen and oxygen atoms in total. The van der Waals surface area contributed by atoms with Gasteiger partial charge in [0.15, 0.2) is 0 Å². The van der Waals surface area contributed by atoms with Gasteiger partial charge in [-0.25, -0.2) is 0 Å². The number of nitriles is 1. The van der Waals surface area contributed by atoms with Gasteiger partial charge in [-0.2, -0.15) is 5.26 Å². The van der Waals surface area contributed by atoms with E-state index in [4.69, 9.17) is 0 Å².